The number of carbonyl (C=O) groups excluding carboxylic acids is 2. The lowest BCUT2D eigenvalue weighted by atomic mass is 9.92. The number of halogens is 1. The van der Waals surface area contributed by atoms with Gasteiger partial charge in [-0.15, -0.1) is 0 Å². The Morgan fingerprint density at radius 3 is 1.65 bits per heavy atom. The van der Waals surface area contributed by atoms with Crippen molar-refractivity contribution in [2.45, 2.75) is 148 Å². The zero-order valence-corrected chi connectivity index (χ0v) is 38.2. The lowest BCUT2D eigenvalue weighted by molar-refractivity contribution is -0.119. The lowest BCUT2D eigenvalue weighted by Crippen LogP contribution is -2.31. The fourth-order valence-electron chi connectivity index (χ4n) is 11.0. The van der Waals surface area contributed by atoms with Crippen LogP contribution in [-0.4, -0.2) is 63.7 Å². The molecule has 344 valence electrons. The van der Waals surface area contributed by atoms with Crippen molar-refractivity contribution in [1.29, 1.82) is 0 Å². The first-order chi connectivity index (χ1) is 31.8. The number of hydrogen-bond donors (Lipinski definition) is 3. The number of fused-ring (bicyclic) bond motifs is 2. The van der Waals surface area contributed by atoms with Gasteiger partial charge in [0.2, 0.25) is 11.8 Å². The molecule has 7 aromatic rings. The van der Waals surface area contributed by atoms with E-state index in [9.17, 15) is 24.2 Å². The largest absolute Gasteiger partial charge is 0.393 e. The van der Waals surface area contributed by atoms with Gasteiger partial charge in [-0.05, 0) is 152 Å². The van der Waals surface area contributed by atoms with Crippen molar-refractivity contribution in [3.63, 3.8) is 0 Å². The molecule has 2 saturated heterocycles. The van der Waals surface area contributed by atoms with E-state index in [0.29, 0.717) is 36.6 Å². The minimum atomic E-state index is -0.324. The van der Waals surface area contributed by atoms with Gasteiger partial charge in [-0.1, -0.05) is 28.5 Å². The maximum atomic E-state index is 14.5. The molecular weight excluding hydrogens is 840 g/mol. The third-order valence-corrected chi connectivity index (χ3v) is 14.4. The summed E-state index contributed by atoms with van der Waals surface area (Å²) in [6, 6.07) is 17.6. The van der Waals surface area contributed by atoms with Gasteiger partial charge in [0.1, 0.15) is 29.0 Å². The van der Waals surface area contributed by atoms with E-state index in [1.807, 2.05) is 33.8 Å². The second-order valence-electron chi connectivity index (χ2n) is 18.8. The van der Waals surface area contributed by atoms with Crippen LogP contribution in [0.4, 0.5) is 10.1 Å². The number of nitrogens with zero attached hydrogens (tertiary/aromatic N) is 7. The number of rotatable bonds is 7. The molecule has 4 fully saturated rings. The fourth-order valence-corrected chi connectivity index (χ4v) is 11.0. The van der Waals surface area contributed by atoms with Gasteiger partial charge in [-0.2, -0.15) is 0 Å². The van der Waals surface area contributed by atoms with Crippen LogP contribution >= 0.6 is 0 Å². The molecule has 4 aromatic heterocycles. The van der Waals surface area contributed by atoms with E-state index in [4.69, 9.17) is 19.0 Å². The van der Waals surface area contributed by atoms with Crippen LogP contribution in [0.25, 0.3) is 44.3 Å². The molecule has 2 aliphatic carbocycles. The average molecular weight is 897 g/mol. The number of aromatic nitrogens is 6. The molecular formula is C51H57FN8O6. The van der Waals surface area contributed by atoms with Gasteiger partial charge in [0, 0.05) is 41.7 Å². The quantitative estimate of drug-likeness (QED) is 0.140. The first kappa shape index (κ1) is 43.7. The molecule has 14 nitrogen and oxygen atoms in total. The van der Waals surface area contributed by atoms with Crippen LogP contribution in [0.5, 0.6) is 0 Å². The van der Waals surface area contributed by atoms with Crippen molar-refractivity contribution < 1.29 is 33.2 Å². The molecule has 2 amide bonds. The summed E-state index contributed by atoms with van der Waals surface area (Å²) in [6.07, 6.45) is 8.43. The Labute approximate surface area is 382 Å². The number of imidazole rings is 2. The van der Waals surface area contributed by atoms with E-state index < -0.39 is 0 Å². The molecule has 0 bridgehead atoms. The Bertz CT molecular complexity index is 2930. The van der Waals surface area contributed by atoms with E-state index in [0.717, 1.165) is 137 Å². The van der Waals surface area contributed by atoms with Crippen molar-refractivity contribution in [2.75, 3.05) is 4.90 Å². The number of anilines is 1. The maximum Gasteiger partial charge on any atom is 0.227 e. The smallest absolute Gasteiger partial charge is 0.227 e. The number of aryl methyl sites for hydroxylation is 5. The highest BCUT2D eigenvalue weighted by atomic mass is 19.1. The van der Waals surface area contributed by atoms with E-state index >= 15 is 0 Å². The zero-order chi connectivity index (χ0) is 46.0. The Balaban J connectivity index is 0.000000160. The molecule has 0 unspecified atom stereocenters. The van der Waals surface area contributed by atoms with Gasteiger partial charge >= 0.3 is 0 Å². The van der Waals surface area contributed by atoms with Crippen LogP contribution in [0.3, 0.4) is 0 Å². The number of carbonyl (C=O) groups is 2. The van der Waals surface area contributed by atoms with Gasteiger partial charge in [-0.3, -0.25) is 9.59 Å². The molecule has 0 spiro atoms. The summed E-state index contributed by atoms with van der Waals surface area (Å²) in [4.78, 5) is 36.8. The van der Waals surface area contributed by atoms with Crippen LogP contribution in [0.1, 0.15) is 141 Å². The number of hydrogen-bond acceptors (Lipinski definition) is 10. The number of benzene rings is 3. The molecule has 3 N–H and O–H groups in total. The molecule has 2 atom stereocenters. The molecule has 6 heterocycles. The van der Waals surface area contributed by atoms with E-state index in [-0.39, 0.29) is 48.0 Å². The first-order valence-electron chi connectivity index (χ1n) is 23.5. The Morgan fingerprint density at radius 2 is 1.17 bits per heavy atom. The summed E-state index contributed by atoms with van der Waals surface area (Å²) >= 11 is 0. The minimum absolute atomic E-state index is 0.0256. The molecule has 2 aliphatic heterocycles. The van der Waals surface area contributed by atoms with Crippen LogP contribution in [-0.2, 0) is 9.59 Å². The average Bonchev–Trinajstić information content (AvgIpc) is 4.17. The topological polar surface area (TPSA) is 178 Å². The van der Waals surface area contributed by atoms with Crippen molar-refractivity contribution >= 4 is 39.6 Å². The number of amides is 2. The highest BCUT2D eigenvalue weighted by Crippen LogP contribution is 2.43. The SMILES string of the molecule is Cc1ccc(N2C(=O)CC[C@H]2c2nc3cc(-c4c(C)noc4C)ccc3n2C2CCC(O)CC2)cc1F.Cc1noc(C)c1-c1ccc2c(c1)nc([C@@H]1CCC(=O)N1)n2C1CCC(O)CC1. The molecule has 11 rings (SSSR count). The zero-order valence-electron chi connectivity index (χ0n) is 38.2. The van der Waals surface area contributed by atoms with Crippen molar-refractivity contribution in [1.82, 2.24) is 34.7 Å². The monoisotopic (exact) mass is 896 g/mol. The highest BCUT2D eigenvalue weighted by molar-refractivity contribution is 5.96. The number of aliphatic hydroxyl groups excluding tert-OH is 2. The molecule has 4 aliphatic rings. The van der Waals surface area contributed by atoms with Crippen LogP contribution in [0.2, 0.25) is 0 Å². The summed E-state index contributed by atoms with van der Waals surface area (Å²) in [5, 5.41) is 31.4. The fraction of sp³-hybridized carbons (Fsp3) is 0.451. The molecule has 3 aromatic carbocycles. The Kier molecular flexibility index (Phi) is 11.6. The highest BCUT2D eigenvalue weighted by Gasteiger charge is 2.39. The van der Waals surface area contributed by atoms with E-state index in [1.165, 1.54) is 6.07 Å². The predicted octanol–water partition coefficient (Wildman–Crippen LogP) is 9.83. The Hall–Kier alpha value is -6.19. The predicted molar refractivity (Wildman–Crippen MR) is 247 cm³/mol. The van der Waals surface area contributed by atoms with E-state index in [1.54, 1.807) is 17.9 Å². The second-order valence-corrected chi connectivity index (χ2v) is 18.8. The van der Waals surface area contributed by atoms with Gasteiger partial charge in [0.15, 0.2) is 0 Å². The van der Waals surface area contributed by atoms with E-state index in [2.05, 4.69) is 61.2 Å². The third kappa shape index (κ3) is 7.99. The van der Waals surface area contributed by atoms with Gasteiger partial charge in [0.05, 0.1) is 57.7 Å². The standard InChI is InChI=1S/C29H31FN4O3.C22H26N4O3/c1-16-4-6-21(15-23(16)30)33-26(12-13-27(33)36)29-31-24-14-19(28-17(2)32-37-18(28)3)5-11-25(24)34(29)20-7-9-22(35)10-8-20;1-12-21(13(2)29-25-12)14-3-9-19-18(11-14)24-22(17-8-10-20(28)23-17)26(19)15-4-6-16(27)7-5-15/h4-6,11,14-15,20,22,26,35H,7-10,12-13H2,1-3H3;3,9,11,15-17,27H,4-8,10H2,1-2H3,(H,23,28)/t20?,22?,26-;15?,16?,17-/m00/s1. The van der Waals surface area contributed by atoms with Crippen LogP contribution < -0.4 is 10.2 Å². The minimum Gasteiger partial charge on any atom is -0.393 e. The van der Waals surface area contributed by atoms with Crippen LogP contribution in [0.15, 0.2) is 63.6 Å². The summed E-state index contributed by atoms with van der Waals surface area (Å²) in [5.41, 5.74) is 10.6. The maximum absolute atomic E-state index is 14.5. The molecule has 0 radical (unpaired) electrons. The van der Waals surface area contributed by atoms with Gasteiger partial charge in [-0.25, -0.2) is 14.4 Å². The van der Waals surface area contributed by atoms with Crippen LogP contribution in [0, 0.1) is 40.4 Å². The normalized spacial score (nSPS) is 23.5. The second kappa shape index (κ2) is 17.6. The lowest BCUT2D eigenvalue weighted by Gasteiger charge is -2.31. The van der Waals surface area contributed by atoms with Crippen molar-refractivity contribution in [3.8, 4) is 22.3 Å². The first-order valence-corrected chi connectivity index (χ1v) is 23.5. The van der Waals surface area contributed by atoms with Crippen molar-refractivity contribution in [2.24, 2.45) is 0 Å². The third-order valence-electron chi connectivity index (χ3n) is 14.4. The van der Waals surface area contributed by atoms with Gasteiger partial charge in [0.25, 0.3) is 0 Å². The number of nitrogens with one attached hydrogen (secondary N) is 1. The summed E-state index contributed by atoms with van der Waals surface area (Å²) in [7, 11) is 0. The van der Waals surface area contributed by atoms with Gasteiger partial charge < -0.3 is 38.6 Å². The summed E-state index contributed by atoms with van der Waals surface area (Å²) < 4.78 is 29.8. The molecule has 2 saturated carbocycles. The Morgan fingerprint density at radius 1 is 0.636 bits per heavy atom. The van der Waals surface area contributed by atoms with Crippen molar-refractivity contribution in [3.05, 3.63) is 101 Å². The summed E-state index contributed by atoms with van der Waals surface area (Å²) in [5.74, 6) is 3.04. The summed E-state index contributed by atoms with van der Waals surface area (Å²) in [6.45, 7) is 9.41. The molecule has 66 heavy (non-hydrogen) atoms. The molecule has 15 heteroatoms. The number of aliphatic hydroxyl groups is 2.